The molecule has 0 amide bonds. The molecule has 0 aromatic heterocycles. The summed E-state index contributed by atoms with van der Waals surface area (Å²) in [6.45, 7) is 1.71. The third kappa shape index (κ3) is 16.9. The van der Waals surface area contributed by atoms with E-state index in [-0.39, 0.29) is 6.61 Å². The van der Waals surface area contributed by atoms with Crippen molar-refractivity contribution >= 4 is 7.60 Å². The molecule has 1 unspecified atom stereocenters. The Morgan fingerprint density at radius 3 is 1.39 bits per heavy atom. The number of hydrogen-bond acceptors (Lipinski definition) is 4. The molecule has 0 aliphatic rings. The topological polar surface area (TPSA) is 107 Å². The van der Waals surface area contributed by atoms with Crippen molar-refractivity contribution in [3.8, 4) is 0 Å². The van der Waals surface area contributed by atoms with Crippen LogP contribution in [0.4, 0.5) is 0 Å². The van der Waals surface area contributed by atoms with Crippen molar-refractivity contribution in [2.45, 2.75) is 122 Å². The van der Waals surface area contributed by atoms with Gasteiger partial charge in [0, 0.05) is 6.61 Å². The molecule has 2 atom stereocenters. The molecule has 0 radical (unpaired) electrons. The number of aliphatic hydroxyl groups is 2. The number of rotatable bonds is 21. The van der Waals surface area contributed by atoms with Crippen LogP contribution in [0.3, 0.4) is 0 Å². The van der Waals surface area contributed by atoms with Gasteiger partial charge in [0.1, 0.15) is 6.10 Å². The van der Waals surface area contributed by atoms with Gasteiger partial charge in [0.25, 0.3) is 0 Å². The molecule has 0 saturated carbocycles. The lowest BCUT2D eigenvalue weighted by molar-refractivity contribution is -0.0291. The van der Waals surface area contributed by atoms with Gasteiger partial charge in [0.2, 0.25) is 0 Å². The second-order valence-electron chi connectivity index (χ2n) is 7.90. The maximum absolute atomic E-state index is 11.2. The first-order chi connectivity index (χ1) is 13.4. The molecule has 28 heavy (non-hydrogen) atoms. The van der Waals surface area contributed by atoms with E-state index in [9.17, 15) is 9.67 Å². The van der Waals surface area contributed by atoms with Crippen LogP contribution in [0.25, 0.3) is 0 Å². The molecule has 0 aliphatic heterocycles. The Hall–Kier alpha value is 0.0300. The van der Waals surface area contributed by atoms with Crippen LogP contribution >= 0.6 is 7.60 Å². The summed E-state index contributed by atoms with van der Waals surface area (Å²) in [4.78, 5) is 18.3. The summed E-state index contributed by atoms with van der Waals surface area (Å²) in [5.74, 6) is -1.63. The Kier molecular flexibility index (Phi) is 19.0. The highest BCUT2D eigenvalue weighted by Crippen LogP contribution is 2.43. The molecule has 170 valence electrons. The lowest BCUT2D eigenvalue weighted by Crippen LogP contribution is -2.32. The summed E-state index contributed by atoms with van der Waals surface area (Å²) < 4.78 is 16.3. The van der Waals surface area contributed by atoms with Crippen LogP contribution in [0.2, 0.25) is 0 Å². The van der Waals surface area contributed by atoms with E-state index >= 15 is 0 Å². The van der Waals surface area contributed by atoms with Gasteiger partial charge >= 0.3 is 7.60 Å². The molecule has 0 fully saturated rings. The number of aliphatic hydroxyl groups excluding tert-OH is 2. The first-order valence-corrected chi connectivity index (χ1v) is 13.1. The molecule has 0 saturated heterocycles. The van der Waals surface area contributed by atoms with E-state index in [1.165, 1.54) is 83.5 Å². The molecule has 0 aromatic carbocycles. The molecule has 0 bridgehead atoms. The average Bonchev–Trinajstić information content (AvgIpc) is 2.65. The summed E-state index contributed by atoms with van der Waals surface area (Å²) in [7, 11) is -4.57. The third-order valence-corrected chi connectivity index (χ3v) is 6.29. The van der Waals surface area contributed by atoms with Gasteiger partial charge < -0.3 is 24.7 Å². The predicted octanol–water partition coefficient (Wildman–Crippen LogP) is 5.12. The van der Waals surface area contributed by atoms with Gasteiger partial charge in [-0.25, -0.2) is 0 Å². The van der Waals surface area contributed by atoms with Crippen LogP contribution in [0, 0.1) is 0 Å². The summed E-state index contributed by atoms with van der Waals surface area (Å²) in [5.41, 5.74) is 0. The summed E-state index contributed by atoms with van der Waals surface area (Å²) in [6.07, 6.45) is 18.6. The highest BCUT2D eigenvalue weighted by molar-refractivity contribution is 7.52. The predicted molar refractivity (Wildman–Crippen MR) is 114 cm³/mol. The minimum absolute atomic E-state index is 0.186. The van der Waals surface area contributed by atoms with Gasteiger partial charge in [-0.2, -0.15) is 0 Å². The summed E-state index contributed by atoms with van der Waals surface area (Å²) in [5, 5.41) is 18.3. The van der Waals surface area contributed by atoms with Crippen LogP contribution < -0.4 is 0 Å². The number of unbranched alkanes of at least 4 members (excludes halogenated alkanes) is 15. The van der Waals surface area contributed by atoms with E-state index in [4.69, 9.17) is 19.6 Å². The fourth-order valence-corrected chi connectivity index (χ4v) is 4.22. The lowest BCUT2D eigenvalue weighted by Gasteiger charge is -2.22. The summed E-state index contributed by atoms with van der Waals surface area (Å²) >= 11 is 0. The molecule has 0 aromatic rings. The van der Waals surface area contributed by atoms with Gasteiger partial charge in [-0.1, -0.05) is 103 Å². The Balaban J connectivity index is 3.36. The van der Waals surface area contributed by atoms with E-state index in [0.29, 0.717) is 6.42 Å². The Bertz CT molecular complexity index is 374. The molecule has 0 aliphatic carbocycles. The molecule has 7 heteroatoms. The average molecular weight is 425 g/mol. The maximum Gasteiger partial charge on any atom is 0.356 e. The van der Waals surface area contributed by atoms with Crippen LogP contribution in [0.15, 0.2) is 0 Å². The van der Waals surface area contributed by atoms with Gasteiger partial charge in [-0.05, 0) is 6.42 Å². The monoisotopic (exact) mass is 424 g/mol. The minimum Gasteiger partial charge on any atom is -0.394 e. The van der Waals surface area contributed by atoms with E-state index in [2.05, 4.69) is 6.92 Å². The van der Waals surface area contributed by atoms with Crippen molar-refractivity contribution in [1.29, 1.82) is 0 Å². The highest BCUT2D eigenvalue weighted by atomic mass is 31.2. The van der Waals surface area contributed by atoms with Crippen LogP contribution in [-0.2, 0) is 9.30 Å². The SMILES string of the molecule is CCCCCCCCCCCCCCCCCCOC([C@@H](O)CO)P(=O)(O)O. The van der Waals surface area contributed by atoms with Crippen molar-refractivity contribution in [3.63, 3.8) is 0 Å². The number of ether oxygens (including phenoxy) is 1. The minimum atomic E-state index is -4.57. The molecule has 0 spiro atoms. The molecule has 4 N–H and O–H groups in total. The molecular formula is C21H45O6P. The van der Waals surface area contributed by atoms with Gasteiger partial charge in [0.05, 0.1) is 6.61 Å². The van der Waals surface area contributed by atoms with E-state index in [1.807, 2.05) is 0 Å². The normalized spacial score (nSPS) is 14.3. The maximum atomic E-state index is 11.2. The second kappa shape index (κ2) is 19.0. The van der Waals surface area contributed by atoms with Crippen molar-refractivity contribution in [2.75, 3.05) is 13.2 Å². The standard InChI is InChI=1S/C21H45O6P/c1-2-3-4-5-6-7-8-9-10-11-12-13-14-15-16-17-18-27-21(20(23)19-22)28(24,25)26/h20-23H,2-19H2,1H3,(H2,24,25,26)/t20-,21?/m0/s1. The Morgan fingerprint density at radius 1 is 0.714 bits per heavy atom. The fourth-order valence-electron chi connectivity index (χ4n) is 3.38. The van der Waals surface area contributed by atoms with Crippen molar-refractivity contribution in [2.24, 2.45) is 0 Å². The molecule has 0 rings (SSSR count). The zero-order valence-electron chi connectivity index (χ0n) is 17.9. The Labute approximate surface area is 172 Å². The van der Waals surface area contributed by atoms with Crippen molar-refractivity contribution < 1.29 is 29.3 Å². The largest absolute Gasteiger partial charge is 0.394 e. The zero-order chi connectivity index (χ0) is 21.1. The van der Waals surface area contributed by atoms with Gasteiger partial charge in [0.15, 0.2) is 5.85 Å². The smallest absolute Gasteiger partial charge is 0.356 e. The quantitative estimate of drug-likeness (QED) is 0.150. The molecular weight excluding hydrogens is 379 g/mol. The molecule has 0 heterocycles. The van der Waals surface area contributed by atoms with E-state index < -0.39 is 26.2 Å². The first kappa shape index (κ1) is 28.0. The van der Waals surface area contributed by atoms with Crippen LogP contribution in [0.1, 0.15) is 110 Å². The van der Waals surface area contributed by atoms with Crippen molar-refractivity contribution in [1.82, 2.24) is 0 Å². The van der Waals surface area contributed by atoms with Crippen molar-refractivity contribution in [3.05, 3.63) is 0 Å². The van der Waals surface area contributed by atoms with E-state index in [0.717, 1.165) is 12.8 Å². The lowest BCUT2D eigenvalue weighted by atomic mass is 10.0. The highest BCUT2D eigenvalue weighted by Gasteiger charge is 2.35. The van der Waals surface area contributed by atoms with Gasteiger partial charge in [-0.15, -0.1) is 0 Å². The zero-order valence-corrected chi connectivity index (χ0v) is 18.8. The summed E-state index contributed by atoms with van der Waals surface area (Å²) in [6, 6.07) is 0. The first-order valence-electron chi connectivity index (χ1n) is 11.4. The number of hydrogen-bond donors (Lipinski definition) is 4. The second-order valence-corrected chi connectivity index (χ2v) is 9.59. The van der Waals surface area contributed by atoms with Gasteiger partial charge in [-0.3, -0.25) is 4.57 Å². The fraction of sp³-hybridized carbons (Fsp3) is 1.00. The molecule has 6 nitrogen and oxygen atoms in total. The van der Waals surface area contributed by atoms with Crippen LogP contribution in [-0.4, -0.2) is 45.2 Å². The Morgan fingerprint density at radius 2 is 1.07 bits per heavy atom. The van der Waals surface area contributed by atoms with Crippen LogP contribution in [0.5, 0.6) is 0 Å². The third-order valence-electron chi connectivity index (χ3n) is 5.13. The van der Waals surface area contributed by atoms with E-state index in [1.54, 1.807) is 0 Å².